The molecule has 0 saturated heterocycles. The first-order valence-corrected chi connectivity index (χ1v) is 9.11. The van der Waals surface area contributed by atoms with Gasteiger partial charge in [0.1, 0.15) is 0 Å². The predicted octanol–water partition coefficient (Wildman–Crippen LogP) is 3.54. The van der Waals surface area contributed by atoms with Gasteiger partial charge in [-0.15, -0.1) is 11.8 Å². The van der Waals surface area contributed by atoms with Gasteiger partial charge in [0, 0.05) is 17.1 Å². The molecule has 0 saturated carbocycles. The van der Waals surface area contributed by atoms with Crippen molar-refractivity contribution in [1.82, 2.24) is 0 Å². The smallest absolute Gasteiger partial charge is 0.338 e. The normalized spacial score (nSPS) is 13.3. The molecule has 1 amide bonds. The van der Waals surface area contributed by atoms with Gasteiger partial charge in [-0.3, -0.25) is 4.79 Å². The van der Waals surface area contributed by atoms with Crippen LogP contribution in [0.1, 0.15) is 22.3 Å². The molecule has 0 fully saturated rings. The zero-order valence-corrected chi connectivity index (χ0v) is 14.3. The van der Waals surface area contributed by atoms with Crippen molar-refractivity contribution >= 4 is 29.3 Å². The number of aryl methyl sites for hydroxylation is 1. The second-order valence-corrected chi connectivity index (χ2v) is 6.46. The van der Waals surface area contributed by atoms with E-state index in [9.17, 15) is 9.59 Å². The first-order chi connectivity index (χ1) is 11.7. The van der Waals surface area contributed by atoms with Gasteiger partial charge >= 0.3 is 5.97 Å². The van der Waals surface area contributed by atoms with Gasteiger partial charge in [-0.25, -0.2) is 4.79 Å². The van der Waals surface area contributed by atoms with E-state index in [2.05, 4.69) is 0 Å². The molecule has 3 rings (SSSR count). The van der Waals surface area contributed by atoms with E-state index in [1.807, 2.05) is 42.7 Å². The second-order valence-electron chi connectivity index (χ2n) is 5.58. The molecular formula is C19H19NO3S. The highest BCUT2D eigenvalue weighted by molar-refractivity contribution is 7.98. The van der Waals surface area contributed by atoms with E-state index in [1.54, 1.807) is 28.8 Å². The van der Waals surface area contributed by atoms with Gasteiger partial charge in [-0.1, -0.05) is 18.2 Å². The van der Waals surface area contributed by atoms with Gasteiger partial charge in [0.2, 0.25) is 0 Å². The third-order valence-corrected chi connectivity index (χ3v) is 4.81. The molecule has 24 heavy (non-hydrogen) atoms. The summed E-state index contributed by atoms with van der Waals surface area (Å²) in [6, 6.07) is 15.0. The average molecular weight is 341 g/mol. The Bertz CT molecular complexity index is 743. The monoisotopic (exact) mass is 341 g/mol. The van der Waals surface area contributed by atoms with Gasteiger partial charge in [-0.2, -0.15) is 0 Å². The number of fused-ring (bicyclic) bond motifs is 1. The molecule has 0 bridgehead atoms. The van der Waals surface area contributed by atoms with Gasteiger partial charge in [-0.05, 0) is 55.0 Å². The third-order valence-electron chi connectivity index (χ3n) is 4.06. The lowest BCUT2D eigenvalue weighted by atomic mass is 10.0. The molecule has 2 aromatic carbocycles. The van der Waals surface area contributed by atoms with Crippen LogP contribution < -0.4 is 4.90 Å². The molecule has 0 spiro atoms. The summed E-state index contributed by atoms with van der Waals surface area (Å²) in [4.78, 5) is 27.3. The maximum Gasteiger partial charge on any atom is 0.338 e. The van der Waals surface area contributed by atoms with E-state index in [0.29, 0.717) is 12.1 Å². The maximum absolute atomic E-state index is 12.4. The fraction of sp³-hybridized carbons (Fsp3) is 0.263. The van der Waals surface area contributed by atoms with Crippen LogP contribution in [-0.2, 0) is 16.0 Å². The van der Waals surface area contributed by atoms with Crippen molar-refractivity contribution in [3.63, 3.8) is 0 Å². The zero-order valence-electron chi connectivity index (χ0n) is 13.5. The van der Waals surface area contributed by atoms with Crippen LogP contribution in [0.3, 0.4) is 0 Å². The summed E-state index contributed by atoms with van der Waals surface area (Å²) in [5.41, 5.74) is 2.55. The number of para-hydroxylation sites is 1. The predicted molar refractivity (Wildman–Crippen MR) is 95.6 cm³/mol. The molecule has 0 unspecified atom stereocenters. The summed E-state index contributed by atoms with van der Waals surface area (Å²) in [6.07, 6.45) is 3.87. The molecule has 1 heterocycles. The molecule has 0 aromatic heterocycles. The Kier molecular flexibility index (Phi) is 5.20. The highest BCUT2D eigenvalue weighted by Gasteiger charge is 2.23. The van der Waals surface area contributed by atoms with Crippen LogP contribution in [0, 0.1) is 0 Å². The summed E-state index contributed by atoms with van der Waals surface area (Å²) in [7, 11) is 0. The van der Waals surface area contributed by atoms with Crippen LogP contribution in [0.4, 0.5) is 5.69 Å². The van der Waals surface area contributed by atoms with Gasteiger partial charge in [0.05, 0.1) is 5.56 Å². The quantitative estimate of drug-likeness (QED) is 0.630. The minimum Gasteiger partial charge on any atom is -0.452 e. The third kappa shape index (κ3) is 3.62. The minimum absolute atomic E-state index is 0.184. The van der Waals surface area contributed by atoms with E-state index < -0.39 is 5.97 Å². The number of rotatable bonds is 4. The number of esters is 1. The number of anilines is 1. The van der Waals surface area contributed by atoms with Crippen molar-refractivity contribution in [2.75, 3.05) is 24.3 Å². The number of nitrogens with zero attached hydrogens (tertiary/aromatic N) is 1. The Balaban J connectivity index is 1.62. The Morgan fingerprint density at radius 2 is 1.88 bits per heavy atom. The lowest BCUT2D eigenvalue weighted by Crippen LogP contribution is -2.38. The minimum atomic E-state index is -0.471. The number of amides is 1. The Labute approximate surface area is 145 Å². The van der Waals surface area contributed by atoms with Crippen molar-refractivity contribution in [1.29, 1.82) is 0 Å². The largest absolute Gasteiger partial charge is 0.452 e. The van der Waals surface area contributed by atoms with E-state index in [4.69, 9.17) is 4.74 Å². The molecule has 0 aliphatic carbocycles. The summed E-state index contributed by atoms with van der Waals surface area (Å²) >= 11 is 1.61. The van der Waals surface area contributed by atoms with Crippen LogP contribution in [0.5, 0.6) is 0 Å². The molecule has 5 heteroatoms. The lowest BCUT2D eigenvalue weighted by molar-refractivity contribution is -0.121. The molecule has 4 nitrogen and oxygen atoms in total. The number of benzene rings is 2. The number of thioether (sulfide) groups is 1. The summed E-state index contributed by atoms with van der Waals surface area (Å²) in [6.45, 7) is 0.424. The highest BCUT2D eigenvalue weighted by Crippen LogP contribution is 2.26. The van der Waals surface area contributed by atoms with Crippen LogP contribution in [-0.4, -0.2) is 31.3 Å². The average Bonchev–Trinajstić information content (AvgIpc) is 2.65. The number of carbonyl (C=O) groups excluding carboxylic acids is 2. The fourth-order valence-electron chi connectivity index (χ4n) is 2.81. The molecule has 0 radical (unpaired) electrons. The highest BCUT2D eigenvalue weighted by atomic mass is 32.2. The molecule has 1 aliphatic heterocycles. The topological polar surface area (TPSA) is 46.6 Å². The standard InChI is InChI=1S/C19H19NO3S/c1-24-16-10-8-15(9-11-16)19(22)23-13-18(21)20-12-4-6-14-5-2-3-7-17(14)20/h2-3,5,7-11H,4,6,12-13H2,1H3. The van der Waals surface area contributed by atoms with Crippen molar-refractivity contribution in [3.05, 3.63) is 59.7 Å². The first kappa shape index (κ1) is 16.6. The molecule has 0 N–H and O–H groups in total. The Morgan fingerprint density at radius 1 is 1.12 bits per heavy atom. The van der Waals surface area contributed by atoms with Gasteiger partial charge in [0.15, 0.2) is 6.61 Å². The van der Waals surface area contributed by atoms with Crippen molar-refractivity contribution in [2.45, 2.75) is 17.7 Å². The van der Waals surface area contributed by atoms with Crippen molar-refractivity contribution in [2.24, 2.45) is 0 Å². The van der Waals surface area contributed by atoms with Crippen molar-refractivity contribution < 1.29 is 14.3 Å². The fourth-order valence-corrected chi connectivity index (χ4v) is 3.22. The first-order valence-electron chi connectivity index (χ1n) is 7.88. The SMILES string of the molecule is CSc1ccc(C(=O)OCC(=O)N2CCCc3ccccc32)cc1. The summed E-state index contributed by atoms with van der Waals surface area (Å²) in [5.74, 6) is -0.655. The van der Waals surface area contributed by atoms with E-state index in [-0.39, 0.29) is 12.5 Å². The molecule has 1 aliphatic rings. The van der Waals surface area contributed by atoms with E-state index in [0.717, 1.165) is 29.0 Å². The van der Waals surface area contributed by atoms with Crippen LogP contribution >= 0.6 is 11.8 Å². The molecular weight excluding hydrogens is 322 g/mol. The molecule has 2 aromatic rings. The molecule has 0 atom stereocenters. The van der Waals surface area contributed by atoms with Gasteiger partial charge in [0.25, 0.3) is 5.91 Å². The van der Waals surface area contributed by atoms with E-state index >= 15 is 0 Å². The van der Waals surface area contributed by atoms with Crippen molar-refractivity contribution in [3.8, 4) is 0 Å². The summed E-state index contributed by atoms with van der Waals surface area (Å²) < 4.78 is 5.19. The Hall–Kier alpha value is -2.27. The van der Waals surface area contributed by atoms with Crippen LogP contribution in [0.25, 0.3) is 0 Å². The number of hydrogen-bond acceptors (Lipinski definition) is 4. The summed E-state index contributed by atoms with van der Waals surface area (Å²) in [5, 5.41) is 0. The second kappa shape index (κ2) is 7.53. The lowest BCUT2D eigenvalue weighted by Gasteiger charge is -2.29. The van der Waals surface area contributed by atoms with Crippen LogP contribution in [0.2, 0.25) is 0 Å². The van der Waals surface area contributed by atoms with Gasteiger partial charge < -0.3 is 9.64 Å². The number of ether oxygens (including phenoxy) is 1. The Morgan fingerprint density at radius 3 is 2.62 bits per heavy atom. The number of carbonyl (C=O) groups is 2. The maximum atomic E-state index is 12.4. The number of hydrogen-bond donors (Lipinski definition) is 0. The van der Waals surface area contributed by atoms with Crippen LogP contribution in [0.15, 0.2) is 53.4 Å². The molecule has 124 valence electrons. The zero-order chi connectivity index (χ0) is 16.9. The van der Waals surface area contributed by atoms with E-state index in [1.165, 1.54) is 0 Å².